The van der Waals surface area contributed by atoms with Crippen molar-refractivity contribution in [3.63, 3.8) is 0 Å². The summed E-state index contributed by atoms with van der Waals surface area (Å²) in [5.41, 5.74) is 1.46. The predicted molar refractivity (Wildman–Crippen MR) is 79.2 cm³/mol. The number of nitrogens with one attached hydrogen (secondary N) is 1. The largest absolute Gasteiger partial charge is 0.305 e. The van der Waals surface area contributed by atoms with Gasteiger partial charge < -0.3 is 5.32 Å². The van der Waals surface area contributed by atoms with Gasteiger partial charge in [0.1, 0.15) is 5.01 Å². The number of thiazole rings is 1. The third-order valence-corrected chi connectivity index (χ3v) is 5.54. The van der Waals surface area contributed by atoms with Crippen LogP contribution in [0.4, 0.5) is 0 Å². The fourth-order valence-corrected chi connectivity index (χ4v) is 4.44. The van der Waals surface area contributed by atoms with Gasteiger partial charge in [0.05, 0.1) is 11.2 Å². The SMILES string of the molecule is CCCNC1(c2nc(CC)c(C)s2)CCCC1C. The van der Waals surface area contributed by atoms with Gasteiger partial charge in [-0.05, 0) is 45.1 Å². The number of hydrogen-bond acceptors (Lipinski definition) is 3. The van der Waals surface area contributed by atoms with E-state index in [1.807, 2.05) is 11.3 Å². The number of aromatic nitrogens is 1. The lowest BCUT2D eigenvalue weighted by atomic mass is 9.88. The van der Waals surface area contributed by atoms with Crippen molar-refractivity contribution in [1.29, 1.82) is 0 Å². The van der Waals surface area contributed by atoms with Crippen molar-refractivity contribution in [3.05, 3.63) is 15.6 Å². The van der Waals surface area contributed by atoms with Gasteiger partial charge in [-0.25, -0.2) is 4.98 Å². The molecule has 0 spiro atoms. The first-order chi connectivity index (χ1) is 8.64. The third-order valence-electron chi connectivity index (χ3n) is 4.35. The Hall–Kier alpha value is -0.410. The van der Waals surface area contributed by atoms with Crippen LogP contribution >= 0.6 is 11.3 Å². The standard InChI is InChI=1S/C15H26N2S/c1-5-10-16-15(9-7-8-11(15)3)14-17-13(6-2)12(4)18-14/h11,16H,5-10H2,1-4H3. The van der Waals surface area contributed by atoms with Gasteiger partial charge in [0, 0.05) is 4.88 Å². The molecule has 0 saturated heterocycles. The molecule has 3 heteroatoms. The molecule has 0 aromatic carbocycles. The average Bonchev–Trinajstić information content (AvgIpc) is 2.91. The van der Waals surface area contributed by atoms with E-state index in [0.717, 1.165) is 13.0 Å². The number of aryl methyl sites for hydroxylation is 2. The second-order valence-electron chi connectivity index (χ2n) is 5.57. The smallest absolute Gasteiger partial charge is 0.114 e. The van der Waals surface area contributed by atoms with Crippen molar-refractivity contribution in [2.75, 3.05) is 6.54 Å². The molecule has 0 amide bonds. The molecule has 1 saturated carbocycles. The molecule has 0 aliphatic heterocycles. The average molecular weight is 266 g/mol. The minimum Gasteiger partial charge on any atom is -0.305 e. The molecule has 18 heavy (non-hydrogen) atoms. The first-order valence-corrected chi connectivity index (χ1v) is 8.17. The minimum absolute atomic E-state index is 0.166. The Morgan fingerprint density at radius 2 is 2.22 bits per heavy atom. The molecule has 1 aliphatic carbocycles. The van der Waals surface area contributed by atoms with Crippen LogP contribution in [0.3, 0.4) is 0 Å². The molecule has 2 atom stereocenters. The van der Waals surface area contributed by atoms with Crippen molar-refractivity contribution in [1.82, 2.24) is 10.3 Å². The van der Waals surface area contributed by atoms with Crippen molar-refractivity contribution in [3.8, 4) is 0 Å². The summed E-state index contributed by atoms with van der Waals surface area (Å²) >= 11 is 1.92. The van der Waals surface area contributed by atoms with Gasteiger partial charge in [-0.2, -0.15) is 0 Å². The summed E-state index contributed by atoms with van der Waals surface area (Å²) in [7, 11) is 0. The van der Waals surface area contributed by atoms with Gasteiger partial charge in [-0.1, -0.05) is 27.2 Å². The predicted octanol–water partition coefficient (Wildman–Crippen LogP) is 4.03. The summed E-state index contributed by atoms with van der Waals surface area (Å²) in [6.07, 6.45) is 6.17. The summed E-state index contributed by atoms with van der Waals surface area (Å²) in [5, 5.41) is 5.17. The molecule has 1 aliphatic rings. The van der Waals surface area contributed by atoms with Gasteiger partial charge >= 0.3 is 0 Å². The van der Waals surface area contributed by atoms with E-state index in [4.69, 9.17) is 4.98 Å². The Morgan fingerprint density at radius 1 is 1.44 bits per heavy atom. The topological polar surface area (TPSA) is 24.9 Å². The van der Waals surface area contributed by atoms with Crippen LogP contribution in [-0.4, -0.2) is 11.5 Å². The van der Waals surface area contributed by atoms with Crippen LogP contribution in [0.2, 0.25) is 0 Å². The van der Waals surface area contributed by atoms with Gasteiger partial charge in [0.15, 0.2) is 0 Å². The minimum atomic E-state index is 0.166. The Morgan fingerprint density at radius 3 is 2.72 bits per heavy atom. The van der Waals surface area contributed by atoms with E-state index in [2.05, 4.69) is 33.0 Å². The molecule has 102 valence electrons. The highest BCUT2D eigenvalue weighted by molar-refractivity contribution is 7.11. The lowest BCUT2D eigenvalue weighted by Crippen LogP contribution is -2.44. The summed E-state index contributed by atoms with van der Waals surface area (Å²) < 4.78 is 0. The monoisotopic (exact) mass is 266 g/mol. The number of hydrogen-bond donors (Lipinski definition) is 1. The first-order valence-electron chi connectivity index (χ1n) is 7.35. The molecule has 1 N–H and O–H groups in total. The van der Waals surface area contributed by atoms with E-state index in [1.54, 1.807) is 0 Å². The Bertz CT molecular complexity index is 399. The zero-order chi connectivity index (χ0) is 13.2. The zero-order valence-corrected chi connectivity index (χ0v) is 13.0. The van der Waals surface area contributed by atoms with Crippen molar-refractivity contribution in [2.45, 2.75) is 65.3 Å². The first kappa shape index (κ1) is 14.0. The van der Waals surface area contributed by atoms with Crippen LogP contribution in [-0.2, 0) is 12.0 Å². The van der Waals surface area contributed by atoms with Crippen molar-refractivity contribution >= 4 is 11.3 Å². The fraction of sp³-hybridized carbons (Fsp3) is 0.800. The van der Waals surface area contributed by atoms with E-state index in [0.29, 0.717) is 5.92 Å². The maximum atomic E-state index is 4.94. The van der Waals surface area contributed by atoms with Crippen LogP contribution in [0.5, 0.6) is 0 Å². The molecule has 0 radical (unpaired) electrons. The second kappa shape index (κ2) is 5.70. The van der Waals surface area contributed by atoms with Gasteiger partial charge in [0.25, 0.3) is 0 Å². The van der Waals surface area contributed by atoms with E-state index >= 15 is 0 Å². The lowest BCUT2D eigenvalue weighted by molar-refractivity contribution is 0.262. The van der Waals surface area contributed by atoms with E-state index in [9.17, 15) is 0 Å². The van der Waals surface area contributed by atoms with Crippen LogP contribution in [0.15, 0.2) is 0 Å². The summed E-state index contributed by atoms with van der Waals surface area (Å²) in [4.78, 5) is 6.35. The van der Waals surface area contributed by atoms with Crippen LogP contribution in [0, 0.1) is 12.8 Å². The highest BCUT2D eigenvalue weighted by Crippen LogP contribution is 2.45. The summed E-state index contributed by atoms with van der Waals surface area (Å²) in [6, 6.07) is 0. The second-order valence-corrected chi connectivity index (χ2v) is 6.77. The molecule has 2 rings (SSSR count). The molecule has 1 heterocycles. The lowest BCUT2D eigenvalue weighted by Gasteiger charge is -2.33. The highest BCUT2D eigenvalue weighted by Gasteiger charge is 2.43. The van der Waals surface area contributed by atoms with Gasteiger partial charge in [-0.15, -0.1) is 11.3 Å². The van der Waals surface area contributed by atoms with Gasteiger partial charge in [-0.3, -0.25) is 0 Å². The van der Waals surface area contributed by atoms with Gasteiger partial charge in [0.2, 0.25) is 0 Å². The Labute approximate surface area is 115 Å². The highest BCUT2D eigenvalue weighted by atomic mass is 32.1. The maximum absolute atomic E-state index is 4.94. The molecule has 2 nitrogen and oxygen atoms in total. The molecule has 1 aromatic rings. The summed E-state index contributed by atoms with van der Waals surface area (Å²) in [6.45, 7) is 10.1. The maximum Gasteiger partial charge on any atom is 0.114 e. The van der Waals surface area contributed by atoms with E-state index in [1.165, 1.54) is 41.3 Å². The number of nitrogens with zero attached hydrogens (tertiary/aromatic N) is 1. The normalized spacial score (nSPS) is 27.9. The quantitative estimate of drug-likeness (QED) is 0.870. The Kier molecular flexibility index (Phi) is 4.44. The van der Waals surface area contributed by atoms with Crippen LogP contribution < -0.4 is 5.32 Å². The molecule has 1 fully saturated rings. The Balaban J connectivity index is 2.33. The third kappa shape index (κ3) is 2.35. The van der Waals surface area contributed by atoms with Crippen LogP contribution in [0.1, 0.15) is 62.0 Å². The van der Waals surface area contributed by atoms with E-state index < -0.39 is 0 Å². The van der Waals surface area contributed by atoms with Crippen LogP contribution in [0.25, 0.3) is 0 Å². The number of rotatable bonds is 5. The molecule has 0 bridgehead atoms. The zero-order valence-electron chi connectivity index (χ0n) is 12.2. The molecule has 2 unspecified atom stereocenters. The van der Waals surface area contributed by atoms with Crippen molar-refractivity contribution < 1.29 is 0 Å². The van der Waals surface area contributed by atoms with Crippen molar-refractivity contribution in [2.24, 2.45) is 5.92 Å². The van der Waals surface area contributed by atoms with E-state index in [-0.39, 0.29) is 5.54 Å². The molecular weight excluding hydrogens is 240 g/mol. The molecule has 1 aromatic heterocycles. The summed E-state index contributed by atoms with van der Waals surface area (Å²) in [5.74, 6) is 0.708. The fourth-order valence-electron chi connectivity index (χ4n) is 3.13. The molecular formula is C15H26N2S.